The summed E-state index contributed by atoms with van der Waals surface area (Å²) in [6.07, 6.45) is 11.3. The highest BCUT2D eigenvalue weighted by Gasteiger charge is 2.39. The van der Waals surface area contributed by atoms with E-state index in [1.54, 1.807) is 0 Å². The standard InChI is InChI=1S/C27H52N2O6/c1-6-7-8-9-10-11-12-13-20-32-23-21-27(35-26(31)17-15-19-29(4)5)34-24(23)22-33-25(30)16-14-18-28(2)3/h23-24,27H,6-22H2,1-5H3/t23-,24-,27+/m1/s1. The topological polar surface area (TPSA) is 77.5 Å². The first-order valence-electron chi connectivity index (χ1n) is 13.7. The van der Waals surface area contributed by atoms with Gasteiger partial charge in [0.25, 0.3) is 0 Å². The number of hydrogen-bond acceptors (Lipinski definition) is 8. The summed E-state index contributed by atoms with van der Waals surface area (Å²) in [7, 11) is 7.92. The maximum Gasteiger partial charge on any atom is 0.308 e. The Morgan fingerprint density at radius 1 is 0.800 bits per heavy atom. The van der Waals surface area contributed by atoms with Gasteiger partial charge in [-0.2, -0.15) is 0 Å². The van der Waals surface area contributed by atoms with Crippen molar-refractivity contribution in [2.75, 3.05) is 54.5 Å². The summed E-state index contributed by atoms with van der Waals surface area (Å²) in [5, 5.41) is 0. The highest BCUT2D eigenvalue weighted by molar-refractivity contribution is 5.69. The highest BCUT2D eigenvalue weighted by atomic mass is 16.7. The Balaban J connectivity index is 2.41. The van der Waals surface area contributed by atoms with Gasteiger partial charge in [0, 0.05) is 25.9 Å². The van der Waals surface area contributed by atoms with Crippen molar-refractivity contribution in [3.63, 3.8) is 0 Å². The molecule has 1 heterocycles. The Morgan fingerprint density at radius 2 is 1.37 bits per heavy atom. The summed E-state index contributed by atoms with van der Waals surface area (Å²) in [5.74, 6) is -0.499. The van der Waals surface area contributed by atoms with Crippen LogP contribution >= 0.6 is 0 Å². The summed E-state index contributed by atoms with van der Waals surface area (Å²) < 4.78 is 23.0. The number of nitrogens with zero attached hydrogens (tertiary/aromatic N) is 2. The van der Waals surface area contributed by atoms with E-state index < -0.39 is 12.4 Å². The summed E-state index contributed by atoms with van der Waals surface area (Å²) in [4.78, 5) is 28.4. The van der Waals surface area contributed by atoms with Gasteiger partial charge in [0.15, 0.2) is 0 Å². The monoisotopic (exact) mass is 500 g/mol. The molecule has 0 aromatic heterocycles. The molecular formula is C27H52N2O6. The maximum absolute atomic E-state index is 12.2. The lowest BCUT2D eigenvalue weighted by Crippen LogP contribution is -2.31. The third kappa shape index (κ3) is 17.0. The molecule has 206 valence electrons. The highest BCUT2D eigenvalue weighted by Crippen LogP contribution is 2.26. The van der Waals surface area contributed by atoms with Crippen molar-refractivity contribution in [2.45, 2.75) is 109 Å². The van der Waals surface area contributed by atoms with Crippen molar-refractivity contribution in [3.05, 3.63) is 0 Å². The fourth-order valence-electron chi connectivity index (χ4n) is 4.08. The van der Waals surface area contributed by atoms with Crippen LogP contribution in [0.1, 0.15) is 90.4 Å². The lowest BCUT2D eigenvalue weighted by Gasteiger charge is -2.19. The number of unbranched alkanes of at least 4 members (excludes halogenated alkanes) is 7. The molecule has 1 aliphatic heterocycles. The van der Waals surface area contributed by atoms with Crippen LogP contribution in [0.5, 0.6) is 0 Å². The van der Waals surface area contributed by atoms with Crippen molar-refractivity contribution in [2.24, 2.45) is 0 Å². The first-order chi connectivity index (χ1) is 16.8. The molecule has 8 nitrogen and oxygen atoms in total. The molecular weight excluding hydrogens is 448 g/mol. The smallest absolute Gasteiger partial charge is 0.308 e. The van der Waals surface area contributed by atoms with E-state index in [2.05, 4.69) is 6.92 Å². The van der Waals surface area contributed by atoms with Gasteiger partial charge in [-0.1, -0.05) is 51.9 Å². The van der Waals surface area contributed by atoms with Crippen LogP contribution in [0, 0.1) is 0 Å². The molecule has 0 bridgehead atoms. The summed E-state index contributed by atoms with van der Waals surface area (Å²) in [6, 6.07) is 0. The molecule has 0 spiro atoms. The molecule has 35 heavy (non-hydrogen) atoms. The van der Waals surface area contributed by atoms with Gasteiger partial charge in [-0.05, 0) is 60.5 Å². The molecule has 0 aliphatic carbocycles. The average molecular weight is 501 g/mol. The van der Waals surface area contributed by atoms with Gasteiger partial charge in [0.1, 0.15) is 12.7 Å². The predicted octanol–water partition coefficient (Wildman–Crippen LogP) is 4.40. The second kappa shape index (κ2) is 19.9. The number of ether oxygens (including phenoxy) is 4. The van der Waals surface area contributed by atoms with Gasteiger partial charge < -0.3 is 28.7 Å². The van der Waals surface area contributed by atoms with Gasteiger partial charge in [0.2, 0.25) is 6.29 Å². The van der Waals surface area contributed by atoms with E-state index in [0.29, 0.717) is 25.9 Å². The SMILES string of the molecule is CCCCCCCCCCO[C@@H]1C[C@H](OC(=O)CCCN(C)C)O[C@@H]1COC(=O)CCCN(C)C. The average Bonchev–Trinajstić information content (AvgIpc) is 3.17. The molecule has 1 rings (SSSR count). The molecule has 0 aromatic carbocycles. The zero-order chi connectivity index (χ0) is 25.9. The number of rotatable bonds is 21. The fourth-order valence-corrected chi connectivity index (χ4v) is 4.08. The molecule has 1 aliphatic rings. The van der Waals surface area contributed by atoms with Crippen molar-refractivity contribution in [1.82, 2.24) is 9.80 Å². The Bertz CT molecular complexity index is 558. The van der Waals surface area contributed by atoms with E-state index in [-0.39, 0.29) is 24.6 Å². The first-order valence-corrected chi connectivity index (χ1v) is 13.7. The largest absolute Gasteiger partial charge is 0.463 e. The van der Waals surface area contributed by atoms with Crippen LogP contribution in [-0.2, 0) is 28.5 Å². The van der Waals surface area contributed by atoms with Gasteiger partial charge in [0.05, 0.1) is 6.10 Å². The minimum atomic E-state index is -0.650. The van der Waals surface area contributed by atoms with Crippen molar-refractivity contribution in [3.8, 4) is 0 Å². The molecule has 1 fully saturated rings. The van der Waals surface area contributed by atoms with E-state index >= 15 is 0 Å². The van der Waals surface area contributed by atoms with Crippen molar-refractivity contribution >= 4 is 11.9 Å². The van der Waals surface area contributed by atoms with E-state index in [1.807, 2.05) is 38.0 Å². The summed E-state index contributed by atoms with van der Waals surface area (Å²) >= 11 is 0. The molecule has 1 saturated heterocycles. The fraction of sp³-hybridized carbons (Fsp3) is 0.926. The number of esters is 2. The first kappa shape index (κ1) is 31.8. The van der Waals surface area contributed by atoms with E-state index in [1.165, 1.54) is 38.5 Å². The Hall–Kier alpha value is -1.22. The van der Waals surface area contributed by atoms with Crippen LogP contribution in [0.25, 0.3) is 0 Å². The third-order valence-corrected chi connectivity index (χ3v) is 6.14. The maximum atomic E-state index is 12.2. The van der Waals surface area contributed by atoms with Crippen LogP contribution in [0.4, 0.5) is 0 Å². The molecule has 0 radical (unpaired) electrons. The second-order valence-electron chi connectivity index (χ2n) is 10.2. The van der Waals surface area contributed by atoms with Crippen LogP contribution in [0.2, 0.25) is 0 Å². The number of carbonyl (C=O) groups excluding carboxylic acids is 2. The second-order valence-corrected chi connectivity index (χ2v) is 10.2. The van der Waals surface area contributed by atoms with Gasteiger partial charge in [-0.25, -0.2) is 0 Å². The molecule has 0 amide bonds. The number of carbonyl (C=O) groups is 2. The summed E-state index contributed by atoms with van der Waals surface area (Å²) in [5.41, 5.74) is 0. The van der Waals surface area contributed by atoms with Gasteiger partial charge in [-0.15, -0.1) is 0 Å². The van der Waals surface area contributed by atoms with Gasteiger partial charge in [-0.3, -0.25) is 9.59 Å². The Kier molecular flexibility index (Phi) is 18.1. The van der Waals surface area contributed by atoms with Crippen LogP contribution < -0.4 is 0 Å². The lowest BCUT2D eigenvalue weighted by atomic mass is 10.1. The molecule has 0 unspecified atom stereocenters. The molecule has 0 aromatic rings. The zero-order valence-corrected chi connectivity index (χ0v) is 23.1. The van der Waals surface area contributed by atoms with Crippen molar-refractivity contribution < 1.29 is 28.5 Å². The van der Waals surface area contributed by atoms with Crippen LogP contribution in [0.3, 0.4) is 0 Å². The minimum Gasteiger partial charge on any atom is -0.463 e. The molecule has 8 heteroatoms. The quantitative estimate of drug-likeness (QED) is 0.170. The third-order valence-electron chi connectivity index (χ3n) is 6.14. The summed E-state index contributed by atoms with van der Waals surface area (Å²) in [6.45, 7) is 4.67. The van der Waals surface area contributed by atoms with Crippen molar-refractivity contribution in [1.29, 1.82) is 0 Å². The van der Waals surface area contributed by atoms with Crippen LogP contribution in [-0.4, -0.2) is 94.7 Å². The number of hydrogen-bond donors (Lipinski definition) is 0. The molecule has 3 atom stereocenters. The van der Waals surface area contributed by atoms with E-state index in [4.69, 9.17) is 18.9 Å². The Morgan fingerprint density at radius 3 is 1.97 bits per heavy atom. The zero-order valence-electron chi connectivity index (χ0n) is 23.1. The minimum absolute atomic E-state index is 0.123. The van der Waals surface area contributed by atoms with E-state index in [9.17, 15) is 9.59 Å². The Labute approximate surface area is 214 Å². The van der Waals surface area contributed by atoms with Crippen LogP contribution in [0.15, 0.2) is 0 Å². The normalized spacial score (nSPS) is 20.0. The lowest BCUT2D eigenvalue weighted by molar-refractivity contribution is -0.181. The predicted molar refractivity (Wildman–Crippen MR) is 138 cm³/mol. The van der Waals surface area contributed by atoms with Gasteiger partial charge >= 0.3 is 11.9 Å². The molecule has 0 N–H and O–H groups in total. The molecule has 0 saturated carbocycles. The van der Waals surface area contributed by atoms with E-state index in [0.717, 1.165) is 38.8 Å².